The van der Waals surface area contributed by atoms with E-state index in [2.05, 4.69) is 11.9 Å². The van der Waals surface area contributed by atoms with Crippen molar-refractivity contribution in [3.63, 3.8) is 0 Å². The Labute approximate surface area is 117 Å². The average molecular weight is 275 g/mol. The molecule has 1 aliphatic heterocycles. The Morgan fingerprint density at radius 3 is 3.00 bits per heavy atom. The van der Waals surface area contributed by atoms with Crippen LogP contribution in [0, 0.1) is 27.4 Å². The van der Waals surface area contributed by atoms with Crippen molar-refractivity contribution in [2.75, 3.05) is 18.0 Å². The fourth-order valence-corrected chi connectivity index (χ4v) is 2.54. The van der Waals surface area contributed by atoms with E-state index in [1.165, 1.54) is 6.07 Å². The number of nitro groups is 1. The van der Waals surface area contributed by atoms with E-state index in [1.54, 1.807) is 12.1 Å². The minimum absolute atomic E-state index is 0.143. The zero-order chi connectivity index (χ0) is 14.7. The van der Waals surface area contributed by atoms with Crippen LogP contribution in [0.3, 0.4) is 0 Å². The molecule has 20 heavy (non-hydrogen) atoms. The first-order valence-electron chi connectivity index (χ1n) is 6.62. The summed E-state index contributed by atoms with van der Waals surface area (Å²) in [5, 5.41) is 19.8. The van der Waals surface area contributed by atoms with Gasteiger partial charge >= 0.3 is 5.69 Å². The van der Waals surface area contributed by atoms with Crippen molar-refractivity contribution in [1.82, 2.24) is 4.98 Å². The maximum absolute atomic E-state index is 10.8. The standard InChI is InChI=1S/C13H17N5O2/c1-2-9-8-17(6-5-10(9)15)13-4-3-12(18(19)20)11(7-14)16-13/h3-4,9-10H,2,5-6,8,15H2,1H3. The number of pyridine rings is 1. The molecule has 0 aliphatic carbocycles. The molecule has 0 amide bonds. The summed E-state index contributed by atoms with van der Waals surface area (Å²) in [5.41, 5.74) is 5.67. The molecular weight excluding hydrogens is 258 g/mol. The molecule has 2 rings (SSSR count). The summed E-state index contributed by atoms with van der Waals surface area (Å²) in [6.45, 7) is 3.62. The van der Waals surface area contributed by atoms with Gasteiger partial charge in [0, 0.05) is 25.2 Å². The van der Waals surface area contributed by atoms with Gasteiger partial charge in [-0.3, -0.25) is 10.1 Å². The molecule has 7 nitrogen and oxygen atoms in total. The van der Waals surface area contributed by atoms with Crippen LogP contribution in [0.25, 0.3) is 0 Å². The Kier molecular flexibility index (Phi) is 4.15. The number of nitrogens with two attached hydrogens (primary N) is 1. The number of nitrogens with zero attached hydrogens (tertiary/aromatic N) is 4. The van der Waals surface area contributed by atoms with Crippen LogP contribution in [0.4, 0.5) is 11.5 Å². The van der Waals surface area contributed by atoms with Gasteiger partial charge in [0.2, 0.25) is 5.69 Å². The predicted octanol–water partition coefficient (Wildman–Crippen LogP) is 1.43. The third-order valence-corrected chi connectivity index (χ3v) is 3.80. The monoisotopic (exact) mass is 275 g/mol. The molecule has 1 aromatic rings. The molecule has 0 aromatic carbocycles. The van der Waals surface area contributed by atoms with E-state index in [4.69, 9.17) is 11.0 Å². The Balaban J connectivity index is 2.26. The zero-order valence-electron chi connectivity index (χ0n) is 11.3. The lowest BCUT2D eigenvalue weighted by molar-refractivity contribution is -0.385. The highest BCUT2D eigenvalue weighted by Crippen LogP contribution is 2.25. The molecule has 2 N–H and O–H groups in total. The molecule has 0 bridgehead atoms. The van der Waals surface area contributed by atoms with Crippen LogP contribution in [-0.2, 0) is 0 Å². The normalized spacial score (nSPS) is 22.4. The van der Waals surface area contributed by atoms with E-state index >= 15 is 0 Å². The van der Waals surface area contributed by atoms with Crippen molar-refractivity contribution in [3.05, 3.63) is 27.9 Å². The van der Waals surface area contributed by atoms with E-state index in [0.717, 1.165) is 25.9 Å². The molecule has 7 heteroatoms. The molecule has 2 heterocycles. The van der Waals surface area contributed by atoms with Gasteiger partial charge in [-0.15, -0.1) is 0 Å². The largest absolute Gasteiger partial charge is 0.356 e. The number of hydrogen-bond acceptors (Lipinski definition) is 6. The van der Waals surface area contributed by atoms with Gasteiger partial charge < -0.3 is 10.6 Å². The topological polar surface area (TPSA) is 109 Å². The molecule has 2 unspecified atom stereocenters. The second-order valence-electron chi connectivity index (χ2n) is 4.97. The van der Waals surface area contributed by atoms with Crippen LogP contribution in [0.1, 0.15) is 25.5 Å². The van der Waals surface area contributed by atoms with Crippen LogP contribution in [-0.4, -0.2) is 29.0 Å². The van der Waals surface area contributed by atoms with E-state index in [9.17, 15) is 10.1 Å². The van der Waals surface area contributed by atoms with E-state index in [-0.39, 0.29) is 17.4 Å². The van der Waals surface area contributed by atoms with Crippen molar-refractivity contribution in [2.24, 2.45) is 11.7 Å². The third kappa shape index (κ3) is 2.70. The van der Waals surface area contributed by atoms with Crippen molar-refractivity contribution in [3.8, 4) is 6.07 Å². The molecule has 2 atom stereocenters. The zero-order valence-corrected chi connectivity index (χ0v) is 11.3. The second kappa shape index (κ2) is 5.84. The van der Waals surface area contributed by atoms with Gasteiger partial charge in [-0.25, -0.2) is 4.98 Å². The molecule has 1 aliphatic rings. The van der Waals surface area contributed by atoms with Crippen LogP contribution >= 0.6 is 0 Å². The lowest BCUT2D eigenvalue weighted by Gasteiger charge is -2.37. The van der Waals surface area contributed by atoms with Crippen molar-refractivity contribution in [1.29, 1.82) is 5.26 Å². The molecule has 106 valence electrons. The minimum atomic E-state index is -0.587. The summed E-state index contributed by atoms with van der Waals surface area (Å²) in [4.78, 5) is 16.4. The predicted molar refractivity (Wildman–Crippen MR) is 74.2 cm³/mol. The van der Waals surface area contributed by atoms with Gasteiger partial charge in [-0.1, -0.05) is 13.3 Å². The molecule has 0 spiro atoms. The van der Waals surface area contributed by atoms with Gasteiger partial charge in [-0.05, 0) is 18.4 Å². The Morgan fingerprint density at radius 2 is 2.40 bits per heavy atom. The molecule has 1 aromatic heterocycles. The maximum atomic E-state index is 10.8. The van der Waals surface area contributed by atoms with Crippen molar-refractivity contribution in [2.45, 2.75) is 25.8 Å². The SMILES string of the molecule is CCC1CN(c2ccc([N+](=O)[O-])c(C#N)n2)CCC1N. The number of anilines is 1. The Hall–Kier alpha value is -2.20. The second-order valence-corrected chi connectivity index (χ2v) is 4.97. The van der Waals surface area contributed by atoms with Gasteiger partial charge in [0.05, 0.1) is 4.92 Å². The lowest BCUT2D eigenvalue weighted by Crippen LogP contribution is -2.47. The quantitative estimate of drug-likeness (QED) is 0.660. The minimum Gasteiger partial charge on any atom is -0.356 e. The molecule has 1 fully saturated rings. The first-order chi connectivity index (χ1) is 9.56. The summed E-state index contributed by atoms with van der Waals surface area (Å²) in [5.74, 6) is 0.990. The fourth-order valence-electron chi connectivity index (χ4n) is 2.54. The number of nitriles is 1. The van der Waals surface area contributed by atoms with Crippen LogP contribution in [0.15, 0.2) is 12.1 Å². The molecular formula is C13H17N5O2. The summed E-state index contributed by atoms with van der Waals surface area (Å²) in [7, 11) is 0. The summed E-state index contributed by atoms with van der Waals surface area (Å²) < 4.78 is 0. The number of piperidine rings is 1. The number of aromatic nitrogens is 1. The maximum Gasteiger partial charge on any atom is 0.305 e. The first-order valence-corrected chi connectivity index (χ1v) is 6.62. The van der Waals surface area contributed by atoms with Gasteiger partial charge in [0.1, 0.15) is 11.9 Å². The van der Waals surface area contributed by atoms with Crippen LogP contribution in [0.2, 0.25) is 0 Å². The van der Waals surface area contributed by atoms with Crippen LogP contribution < -0.4 is 10.6 Å². The lowest BCUT2D eigenvalue weighted by atomic mass is 9.91. The highest BCUT2D eigenvalue weighted by Gasteiger charge is 2.27. The van der Waals surface area contributed by atoms with Crippen molar-refractivity contribution >= 4 is 11.5 Å². The average Bonchev–Trinajstić information content (AvgIpc) is 2.46. The number of rotatable bonds is 3. The van der Waals surface area contributed by atoms with E-state index < -0.39 is 4.92 Å². The fraction of sp³-hybridized carbons (Fsp3) is 0.538. The van der Waals surface area contributed by atoms with Gasteiger partial charge in [-0.2, -0.15) is 5.26 Å². The van der Waals surface area contributed by atoms with Crippen LogP contribution in [0.5, 0.6) is 0 Å². The molecule has 0 saturated carbocycles. The summed E-state index contributed by atoms with van der Waals surface area (Å²) >= 11 is 0. The summed E-state index contributed by atoms with van der Waals surface area (Å²) in [6.07, 6.45) is 1.84. The highest BCUT2D eigenvalue weighted by molar-refractivity contribution is 5.51. The third-order valence-electron chi connectivity index (χ3n) is 3.80. The Morgan fingerprint density at radius 1 is 1.65 bits per heavy atom. The van der Waals surface area contributed by atoms with Gasteiger partial charge in [0.15, 0.2) is 0 Å². The van der Waals surface area contributed by atoms with E-state index in [1.807, 2.05) is 4.90 Å². The number of hydrogen-bond donors (Lipinski definition) is 1. The van der Waals surface area contributed by atoms with Crippen molar-refractivity contribution < 1.29 is 4.92 Å². The van der Waals surface area contributed by atoms with E-state index in [0.29, 0.717) is 11.7 Å². The summed E-state index contributed by atoms with van der Waals surface area (Å²) in [6, 6.07) is 4.91. The Bertz CT molecular complexity index is 554. The first kappa shape index (κ1) is 14.2. The highest BCUT2D eigenvalue weighted by atomic mass is 16.6. The smallest absolute Gasteiger partial charge is 0.305 e. The van der Waals surface area contributed by atoms with Gasteiger partial charge in [0.25, 0.3) is 0 Å². The molecule has 1 saturated heterocycles. The molecule has 0 radical (unpaired) electrons.